The van der Waals surface area contributed by atoms with Crippen LogP contribution in [0.25, 0.3) is 0 Å². The number of nitrogens with zero attached hydrogens (tertiary/aromatic N) is 2. The molecule has 2 atom stereocenters. The summed E-state index contributed by atoms with van der Waals surface area (Å²) in [5, 5.41) is 3.70. The minimum absolute atomic E-state index is 0.632. The number of pyridine rings is 1. The van der Waals surface area contributed by atoms with Crippen LogP contribution in [0.4, 0.5) is 5.69 Å². The van der Waals surface area contributed by atoms with Crippen LogP contribution in [-0.2, 0) is 0 Å². The summed E-state index contributed by atoms with van der Waals surface area (Å²) in [5.41, 5.74) is 1.16. The first-order valence-corrected chi connectivity index (χ1v) is 7.09. The normalized spacial score (nSPS) is 26.7. The van der Waals surface area contributed by atoms with E-state index < -0.39 is 0 Å². The number of aromatic nitrogens is 1. The summed E-state index contributed by atoms with van der Waals surface area (Å²) in [7, 11) is 0. The van der Waals surface area contributed by atoms with E-state index in [0.717, 1.165) is 24.5 Å². The van der Waals surface area contributed by atoms with Gasteiger partial charge in [-0.05, 0) is 26.2 Å². The van der Waals surface area contributed by atoms with Gasteiger partial charge in [-0.2, -0.15) is 0 Å². The summed E-state index contributed by atoms with van der Waals surface area (Å²) in [5.74, 6) is 0.804. The molecule has 4 nitrogen and oxygen atoms in total. The number of hydrogen-bond acceptors (Lipinski definition) is 4. The lowest BCUT2D eigenvalue weighted by Crippen LogP contribution is -2.35. The average molecular weight is 259 g/mol. The highest BCUT2D eigenvalue weighted by molar-refractivity contribution is 5.48. The third kappa shape index (κ3) is 2.89. The van der Waals surface area contributed by atoms with E-state index in [0.29, 0.717) is 12.1 Å². The maximum absolute atomic E-state index is 5.49. The standard InChI is InChI=1S/C15H21N3O/c1-2-7-19-15-8-14(9-16-10-15)18-6-5-12-3-4-13(11-18)17-12/h2,7-10,12-13,17H,3-6,11H2,1H3/b7-2-. The van der Waals surface area contributed by atoms with Gasteiger partial charge in [0.05, 0.1) is 24.3 Å². The predicted octanol–water partition coefficient (Wildman–Crippen LogP) is 2.32. The molecule has 1 aromatic rings. The SMILES string of the molecule is C/C=C\Oc1cncc(N2CCC3CCC(C2)N3)c1. The van der Waals surface area contributed by atoms with Gasteiger partial charge in [-0.1, -0.05) is 6.08 Å². The van der Waals surface area contributed by atoms with Crippen molar-refractivity contribution in [2.24, 2.45) is 0 Å². The number of rotatable bonds is 3. The van der Waals surface area contributed by atoms with E-state index in [1.165, 1.54) is 19.3 Å². The molecule has 2 unspecified atom stereocenters. The second-order valence-corrected chi connectivity index (χ2v) is 5.34. The monoisotopic (exact) mass is 259 g/mol. The van der Waals surface area contributed by atoms with Crippen molar-refractivity contribution >= 4 is 5.69 Å². The third-order valence-electron chi connectivity index (χ3n) is 3.93. The molecule has 2 bridgehead atoms. The number of hydrogen-bond donors (Lipinski definition) is 1. The zero-order valence-electron chi connectivity index (χ0n) is 11.4. The molecule has 3 heterocycles. The molecule has 0 aromatic carbocycles. The number of allylic oxidation sites excluding steroid dienone is 1. The Balaban J connectivity index is 1.74. The Hall–Kier alpha value is -1.55. The van der Waals surface area contributed by atoms with E-state index in [2.05, 4.69) is 21.3 Å². The molecule has 0 saturated carbocycles. The van der Waals surface area contributed by atoms with Gasteiger partial charge in [0.15, 0.2) is 0 Å². The summed E-state index contributed by atoms with van der Waals surface area (Å²) in [6.07, 6.45) is 11.1. The molecule has 1 aromatic heterocycles. The summed E-state index contributed by atoms with van der Waals surface area (Å²) in [6.45, 7) is 4.11. The van der Waals surface area contributed by atoms with Gasteiger partial charge in [0.2, 0.25) is 0 Å². The Kier molecular flexibility index (Phi) is 3.69. The molecule has 0 aliphatic carbocycles. The maximum atomic E-state index is 5.49. The lowest BCUT2D eigenvalue weighted by atomic mass is 10.1. The summed E-state index contributed by atoms with van der Waals surface area (Å²) >= 11 is 0. The van der Waals surface area contributed by atoms with Crippen LogP contribution in [0.3, 0.4) is 0 Å². The fourth-order valence-electron chi connectivity index (χ4n) is 2.97. The third-order valence-corrected chi connectivity index (χ3v) is 3.93. The molecule has 0 spiro atoms. The summed E-state index contributed by atoms with van der Waals surface area (Å²) in [6, 6.07) is 3.42. The predicted molar refractivity (Wildman–Crippen MR) is 76.5 cm³/mol. The largest absolute Gasteiger partial charge is 0.464 e. The van der Waals surface area contributed by atoms with Crippen molar-refractivity contribution in [3.63, 3.8) is 0 Å². The highest BCUT2D eigenvalue weighted by atomic mass is 16.5. The van der Waals surface area contributed by atoms with Crippen molar-refractivity contribution in [2.75, 3.05) is 18.0 Å². The second kappa shape index (κ2) is 5.61. The van der Waals surface area contributed by atoms with Gasteiger partial charge in [-0.3, -0.25) is 4.98 Å². The highest BCUT2D eigenvalue weighted by Gasteiger charge is 2.29. The van der Waals surface area contributed by atoms with Crippen molar-refractivity contribution in [2.45, 2.75) is 38.3 Å². The van der Waals surface area contributed by atoms with E-state index in [1.807, 2.05) is 19.2 Å². The lowest BCUT2D eigenvalue weighted by Gasteiger charge is -2.26. The molecule has 1 N–H and O–H groups in total. The Morgan fingerprint density at radius 2 is 2.21 bits per heavy atom. The number of anilines is 1. The molecule has 0 radical (unpaired) electrons. The van der Waals surface area contributed by atoms with Gasteiger partial charge in [0.1, 0.15) is 5.75 Å². The second-order valence-electron chi connectivity index (χ2n) is 5.34. The molecule has 0 amide bonds. The molecule has 2 fully saturated rings. The highest BCUT2D eigenvalue weighted by Crippen LogP contribution is 2.26. The van der Waals surface area contributed by atoms with E-state index in [-0.39, 0.29) is 0 Å². The Morgan fingerprint density at radius 1 is 1.32 bits per heavy atom. The molecule has 102 valence electrons. The van der Waals surface area contributed by atoms with Gasteiger partial charge in [-0.25, -0.2) is 0 Å². The quantitative estimate of drug-likeness (QED) is 0.845. The first-order chi connectivity index (χ1) is 9.35. The fraction of sp³-hybridized carbons (Fsp3) is 0.533. The average Bonchev–Trinajstić information content (AvgIpc) is 2.76. The molecule has 2 aliphatic rings. The van der Waals surface area contributed by atoms with Crippen molar-refractivity contribution in [1.29, 1.82) is 0 Å². The summed E-state index contributed by atoms with van der Waals surface area (Å²) in [4.78, 5) is 6.71. The van der Waals surface area contributed by atoms with E-state index >= 15 is 0 Å². The lowest BCUT2D eigenvalue weighted by molar-refractivity contribution is 0.477. The minimum atomic E-state index is 0.632. The number of ether oxygens (including phenoxy) is 1. The number of fused-ring (bicyclic) bond motifs is 2. The van der Waals surface area contributed by atoms with Gasteiger partial charge in [0.25, 0.3) is 0 Å². The molecular formula is C15H21N3O. The van der Waals surface area contributed by atoms with Crippen molar-refractivity contribution < 1.29 is 4.74 Å². The topological polar surface area (TPSA) is 37.4 Å². The van der Waals surface area contributed by atoms with Crippen LogP contribution < -0.4 is 15.0 Å². The Morgan fingerprint density at radius 3 is 3.11 bits per heavy atom. The first-order valence-electron chi connectivity index (χ1n) is 7.09. The molecule has 3 rings (SSSR count). The van der Waals surface area contributed by atoms with Crippen LogP contribution in [0.1, 0.15) is 26.2 Å². The van der Waals surface area contributed by atoms with Crippen molar-refractivity contribution in [1.82, 2.24) is 10.3 Å². The zero-order valence-corrected chi connectivity index (χ0v) is 11.4. The molecule has 19 heavy (non-hydrogen) atoms. The van der Waals surface area contributed by atoms with E-state index in [9.17, 15) is 0 Å². The van der Waals surface area contributed by atoms with Gasteiger partial charge in [0, 0.05) is 31.2 Å². The van der Waals surface area contributed by atoms with Crippen LogP contribution >= 0.6 is 0 Å². The maximum Gasteiger partial charge on any atom is 0.146 e. The first kappa shape index (κ1) is 12.5. The van der Waals surface area contributed by atoms with Crippen LogP contribution in [0.5, 0.6) is 5.75 Å². The van der Waals surface area contributed by atoms with Crippen molar-refractivity contribution in [3.05, 3.63) is 30.8 Å². The number of nitrogens with one attached hydrogen (secondary N) is 1. The van der Waals surface area contributed by atoms with Gasteiger partial charge < -0.3 is 15.0 Å². The molecule has 2 aliphatic heterocycles. The van der Waals surface area contributed by atoms with Crippen LogP contribution in [-0.4, -0.2) is 30.2 Å². The Bertz CT molecular complexity index is 460. The Labute approximate surface area is 114 Å². The van der Waals surface area contributed by atoms with Gasteiger partial charge in [-0.15, -0.1) is 0 Å². The zero-order chi connectivity index (χ0) is 13.1. The minimum Gasteiger partial charge on any atom is -0.464 e. The van der Waals surface area contributed by atoms with Gasteiger partial charge >= 0.3 is 0 Å². The van der Waals surface area contributed by atoms with Crippen molar-refractivity contribution in [3.8, 4) is 5.75 Å². The molecular weight excluding hydrogens is 238 g/mol. The van der Waals surface area contributed by atoms with Crippen LogP contribution in [0, 0.1) is 0 Å². The molecule has 4 heteroatoms. The molecule has 2 saturated heterocycles. The van der Waals surface area contributed by atoms with E-state index in [4.69, 9.17) is 4.74 Å². The summed E-state index contributed by atoms with van der Waals surface area (Å²) < 4.78 is 5.49. The van der Waals surface area contributed by atoms with Crippen LogP contribution in [0.2, 0.25) is 0 Å². The smallest absolute Gasteiger partial charge is 0.146 e. The fourth-order valence-corrected chi connectivity index (χ4v) is 2.97. The van der Waals surface area contributed by atoms with Crippen LogP contribution in [0.15, 0.2) is 30.8 Å². The van der Waals surface area contributed by atoms with E-state index in [1.54, 1.807) is 12.5 Å².